The molecule has 0 spiro atoms. The van der Waals surface area contributed by atoms with E-state index in [1.54, 1.807) is 0 Å². The normalized spacial score (nSPS) is 21.0. The first kappa shape index (κ1) is 13.4. The molecule has 0 bridgehead atoms. The molecule has 1 heterocycles. The third-order valence-electron chi connectivity index (χ3n) is 3.26. The summed E-state index contributed by atoms with van der Waals surface area (Å²) in [4.78, 5) is 2.39. The SMILES string of the molecule is CC(C)C1CN(c2ccc(I)cc2Cl)CCN1. The molecule has 1 N–H and O–H groups in total. The highest BCUT2D eigenvalue weighted by Gasteiger charge is 2.22. The molecular formula is C13H18ClIN2. The molecular weight excluding hydrogens is 347 g/mol. The third-order valence-corrected chi connectivity index (χ3v) is 4.23. The van der Waals surface area contributed by atoms with Crippen LogP contribution in [-0.2, 0) is 0 Å². The van der Waals surface area contributed by atoms with E-state index in [0.29, 0.717) is 12.0 Å². The van der Waals surface area contributed by atoms with E-state index in [1.807, 2.05) is 6.07 Å². The van der Waals surface area contributed by atoms with Crippen LogP contribution < -0.4 is 10.2 Å². The first-order chi connectivity index (χ1) is 8.08. The topological polar surface area (TPSA) is 15.3 Å². The average molecular weight is 365 g/mol. The number of benzene rings is 1. The molecule has 1 aliphatic rings. The van der Waals surface area contributed by atoms with Crippen LogP contribution in [0.5, 0.6) is 0 Å². The Morgan fingerprint density at radius 3 is 2.88 bits per heavy atom. The van der Waals surface area contributed by atoms with Crippen LogP contribution in [0, 0.1) is 9.49 Å². The Balaban J connectivity index is 2.16. The van der Waals surface area contributed by atoms with Crippen molar-refractivity contribution in [1.82, 2.24) is 5.32 Å². The van der Waals surface area contributed by atoms with Gasteiger partial charge in [-0.1, -0.05) is 25.4 Å². The number of piperazine rings is 1. The fraction of sp³-hybridized carbons (Fsp3) is 0.538. The summed E-state index contributed by atoms with van der Waals surface area (Å²) in [6, 6.07) is 6.84. The van der Waals surface area contributed by atoms with Crippen molar-refractivity contribution in [3.05, 3.63) is 26.8 Å². The molecule has 1 aromatic carbocycles. The highest BCUT2D eigenvalue weighted by molar-refractivity contribution is 14.1. The molecule has 0 saturated carbocycles. The second kappa shape index (κ2) is 5.76. The van der Waals surface area contributed by atoms with Gasteiger partial charge in [0.05, 0.1) is 10.7 Å². The number of anilines is 1. The molecule has 0 radical (unpaired) electrons. The smallest absolute Gasteiger partial charge is 0.0650 e. The third kappa shape index (κ3) is 3.26. The standard InChI is InChI=1S/C13H18ClIN2/c1-9(2)12-8-17(6-5-16-12)13-4-3-10(15)7-11(13)14/h3-4,7,9,12,16H,5-6,8H2,1-2H3. The maximum atomic E-state index is 6.32. The largest absolute Gasteiger partial charge is 0.367 e. The lowest BCUT2D eigenvalue weighted by molar-refractivity contribution is 0.368. The van der Waals surface area contributed by atoms with E-state index in [2.05, 4.69) is 58.8 Å². The van der Waals surface area contributed by atoms with Crippen molar-refractivity contribution in [1.29, 1.82) is 0 Å². The fourth-order valence-electron chi connectivity index (χ4n) is 2.18. The van der Waals surface area contributed by atoms with Gasteiger partial charge in [0.15, 0.2) is 0 Å². The van der Waals surface area contributed by atoms with Crippen LogP contribution in [0.3, 0.4) is 0 Å². The van der Waals surface area contributed by atoms with Crippen LogP contribution in [-0.4, -0.2) is 25.7 Å². The van der Waals surface area contributed by atoms with E-state index < -0.39 is 0 Å². The van der Waals surface area contributed by atoms with Gasteiger partial charge in [0, 0.05) is 29.2 Å². The number of rotatable bonds is 2. The monoisotopic (exact) mass is 364 g/mol. The van der Waals surface area contributed by atoms with E-state index in [-0.39, 0.29) is 0 Å². The van der Waals surface area contributed by atoms with E-state index in [1.165, 1.54) is 9.26 Å². The second-order valence-corrected chi connectivity index (χ2v) is 6.50. The molecule has 94 valence electrons. The Labute approximate surface area is 122 Å². The van der Waals surface area contributed by atoms with Crippen LogP contribution >= 0.6 is 34.2 Å². The van der Waals surface area contributed by atoms with Gasteiger partial charge in [0.25, 0.3) is 0 Å². The van der Waals surface area contributed by atoms with E-state index in [9.17, 15) is 0 Å². The molecule has 2 nitrogen and oxygen atoms in total. The second-order valence-electron chi connectivity index (χ2n) is 4.85. The minimum absolute atomic E-state index is 0.555. The minimum atomic E-state index is 0.555. The van der Waals surface area contributed by atoms with Crippen LogP contribution in [0.1, 0.15) is 13.8 Å². The van der Waals surface area contributed by atoms with Crippen molar-refractivity contribution in [2.75, 3.05) is 24.5 Å². The molecule has 1 unspecified atom stereocenters. The maximum Gasteiger partial charge on any atom is 0.0650 e. The van der Waals surface area contributed by atoms with Gasteiger partial charge in [-0.3, -0.25) is 0 Å². The van der Waals surface area contributed by atoms with Gasteiger partial charge in [-0.15, -0.1) is 0 Å². The molecule has 1 fully saturated rings. The number of hydrogen-bond donors (Lipinski definition) is 1. The first-order valence-corrected chi connectivity index (χ1v) is 7.47. The minimum Gasteiger partial charge on any atom is -0.367 e. The highest BCUT2D eigenvalue weighted by atomic mass is 127. The summed E-state index contributed by atoms with van der Waals surface area (Å²) < 4.78 is 1.19. The van der Waals surface area contributed by atoms with Crippen molar-refractivity contribution in [3.8, 4) is 0 Å². The summed E-state index contributed by atoms with van der Waals surface area (Å²) in [6.07, 6.45) is 0. The molecule has 1 aromatic rings. The van der Waals surface area contributed by atoms with Gasteiger partial charge in [-0.05, 0) is 46.7 Å². The highest BCUT2D eigenvalue weighted by Crippen LogP contribution is 2.28. The molecule has 0 amide bonds. The molecule has 4 heteroatoms. The van der Waals surface area contributed by atoms with Crippen molar-refractivity contribution in [2.24, 2.45) is 5.92 Å². The lowest BCUT2D eigenvalue weighted by atomic mass is 10.0. The predicted molar refractivity (Wildman–Crippen MR) is 83.0 cm³/mol. The Kier molecular flexibility index (Phi) is 4.55. The van der Waals surface area contributed by atoms with Gasteiger partial charge in [0.1, 0.15) is 0 Å². The lowest BCUT2D eigenvalue weighted by Crippen LogP contribution is -2.53. The molecule has 1 saturated heterocycles. The maximum absolute atomic E-state index is 6.32. The Hall–Kier alpha value is -0.000000000000000132. The molecule has 2 rings (SSSR count). The van der Waals surface area contributed by atoms with Crippen molar-refractivity contribution >= 4 is 39.9 Å². The summed E-state index contributed by atoms with van der Waals surface area (Å²) in [5.41, 5.74) is 1.17. The lowest BCUT2D eigenvalue weighted by Gasteiger charge is -2.37. The van der Waals surface area contributed by atoms with Crippen molar-refractivity contribution in [3.63, 3.8) is 0 Å². The molecule has 1 aliphatic heterocycles. The summed E-state index contributed by atoms with van der Waals surface area (Å²) in [6.45, 7) is 7.63. The Morgan fingerprint density at radius 2 is 2.24 bits per heavy atom. The first-order valence-electron chi connectivity index (χ1n) is 6.01. The van der Waals surface area contributed by atoms with Gasteiger partial charge >= 0.3 is 0 Å². The molecule has 17 heavy (non-hydrogen) atoms. The Bertz CT molecular complexity index is 395. The Morgan fingerprint density at radius 1 is 1.47 bits per heavy atom. The predicted octanol–water partition coefficient (Wildman–Crippen LogP) is 3.38. The number of nitrogens with one attached hydrogen (secondary N) is 1. The summed E-state index contributed by atoms with van der Waals surface area (Å²) in [5.74, 6) is 0.653. The molecule has 0 aromatic heterocycles. The van der Waals surface area contributed by atoms with Gasteiger partial charge < -0.3 is 10.2 Å². The zero-order valence-electron chi connectivity index (χ0n) is 10.2. The van der Waals surface area contributed by atoms with E-state index in [0.717, 1.165) is 24.7 Å². The summed E-state index contributed by atoms with van der Waals surface area (Å²) in [5, 5.41) is 4.43. The fourth-order valence-corrected chi connectivity index (χ4v) is 3.16. The number of halogens is 2. The van der Waals surface area contributed by atoms with Crippen LogP contribution in [0.15, 0.2) is 18.2 Å². The number of hydrogen-bond acceptors (Lipinski definition) is 2. The van der Waals surface area contributed by atoms with Crippen LogP contribution in [0.2, 0.25) is 5.02 Å². The van der Waals surface area contributed by atoms with Crippen molar-refractivity contribution in [2.45, 2.75) is 19.9 Å². The molecule has 0 aliphatic carbocycles. The number of nitrogens with zero attached hydrogens (tertiary/aromatic N) is 1. The zero-order valence-corrected chi connectivity index (χ0v) is 13.1. The summed E-state index contributed by atoms with van der Waals surface area (Å²) in [7, 11) is 0. The van der Waals surface area contributed by atoms with Gasteiger partial charge in [0.2, 0.25) is 0 Å². The summed E-state index contributed by atoms with van der Waals surface area (Å²) >= 11 is 8.62. The average Bonchev–Trinajstić information content (AvgIpc) is 2.29. The zero-order chi connectivity index (χ0) is 12.4. The van der Waals surface area contributed by atoms with E-state index in [4.69, 9.17) is 11.6 Å². The van der Waals surface area contributed by atoms with Crippen LogP contribution in [0.25, 0.3) is 0 Å². The van der Waals surface area contributed by atoms with Gasteiger partial charge in [-0.25, -0.2) is 0 Å². The van der Waals surface area contributed by atoms with Crippen LogP contribution in [0.4, 0.5) is 5.69 Å². The van der Waals surface area contributed by atoms with Gasteiger partial charge in [-0.2, -0.15) is 0 Å². The van der Waals surface area contributed by atoms with Crippen molar-refractivity contribution < 1.29 is 0 Å². The van der Waals surface area contributed by atoms with E-state index >= 15 is 0 Å². The quantitative estimate of drug-likeness (QED) is 0.809. The molecule has 1 atom stereocenters.